The minimum Gasteiger partial charge on any atom is -0.497 e. The molecule has 0 aliphatic carbocycles. The number of amides is 4. The Morgan fingerprint density at radius 2 is 1.77 bits per heavy atom. The van der Waals surface area contributed by atoms with Crippen LogP contribution in [0.15, 0.2) is 78.9 Å². The van der Waals surface area contributed by atoms with Crippen molar-refractivity contribution in [2.24, 2.45) is 0 Å². The number of methoxy groups -OCH3 is 1. The lowest BCUT2D eigenvalue weighted by molar-refractivity contribution is -0.137. The van der Waals surface area contributed by atoms with Crippen molar-refractivity contribution in [2.75, 3.05) is 33.4 Å². The number of hydrogen-bond acceptors (Lipinski definition) is 6. The van der Waals surface area contributed by atoms with Gasteiger partial charge >= 0.3 is 0 Å². The molecule has 3 aromatic carbocycles. The average molecular weight is 587 g/mol. The number of rotatable bonds is 8. The van der Waals surface area contributed by atoms with E-state index >= 15 is 0 Å². The van der Waals surface area contributed by atoms with Gasteiger partial charge in [0.25, 0.3) is 5.91 Å². The summed E-state index contributed by atoms with van der Waals surface area (Å²) in [4.78, 5) is 54.2. The van der Waals surface area contributed by atoms with Gasteiger partial charge in [-0.25, -0.2) is 0 Å². The summed E-state index contributed by atoms with van der Waals surface area (Å²) in [5.41, 5.74) is 2.22. The van der Waals surface area contributed by atoms with Crippen LogP contribution in [-0.2, 0) is 27.3 Å². The second-order valence-electron chi connectivity index (χ2n) is 10.2. The van der Waals surface area contributed by atoms with Crippen LogP contribution in [0.25, 0.3) is 0 Å². The Balaban J connectivity index is 1.47. The van der Waals surface area contributed by atoms with Crippen LogP contribution in [0.1, 0.15) is 40.7 Å². The minimum atomic E-state index is -0.973. The predicted molar refractivity (Wildman–Crippen MR) is 162 cm³/mol. The average Bonchev–Trinajstić information content (AvgIpc) is 3.03. The molecule has 1 aliphatic rings. The molecular weight excluding hydrogens is 548 g/mol. The lowest BCUT2D eigenvalue weighted by atomic mass is 10.1. The monoisotopic (exact) mass is 586 g/mol. The molecule has 4 rings (SSSR count). The standard InChI is InChI=1S/C33H38N4O6/c1-42-26-13-7-11-24(21-26)12-8-18-35-33(41)28-16-17-31(39)37(22-25-9-3-2-4-10-25)23-30(38)34-19-20-43-29-15-6-5-14-27(29)32(40)36-28/h2-7,9-11,13-15,21,28H,8,12,16-20,22-23H2,1H3,(H,34,38)(H,35,41)(H,36,40)/t28-/m0/s1. The van der Waals surface area contributed by atoms with Crippen LogP contribution < -0.4 is 25.4 Å². The zero-order valence-electron chi connectivity index (χ0n) is 24.3. The molecule has 0 aromatic heterocycles. The largest absolute Gasteiger partial charge is 0.497 e. The second kappa shape index (κ2) is 16.0. The summed E-state index contributed by atoms with van der Waals surface area (Å²) in [6.07, 6.45) is 1.42. The fourth-order valence-corrected chi connectivity index (χ4v) is 4.78. The predicted octanol–water partition coefficient (Wildman–Crippen LogP) is 2.86. The van der Waals surface area contributed by atoms with Gasteiger partial charge in [-0.3, -0.25) is 19.2 Å². The van der Waals surface area contributed by atoms with E-state index in [-0.39, 0.29) is 62.4 Å². The number of carbonyl (C=O) groups is 4. The van der Waals surface area contributed by atoms with Crippen molar-refractivity contribution in [3.8, 4) is 11.5 Å². The Morgan fingerprint density at radius 3 is 2.58 bits per heavy atom. The Bertz CT molecular complexity index is 1400. The third-order valence-electron chi connectivity index (χ3n) is 7.06. The van der Waals surface area contributed by atoms with Crippen molar-refractivity contribution in [1.82, 2.24) is 20.9 Å². The molecule has 0 unspecified atom stereocenters. The van der Waals surface area contributed by atoms with Gasteiger partial charge in [-0.15, -0.1) is 0 Å². The van der Waals surface area contributed by atoms with Crippen molar-refractivity contribution >= 4 is 23.6 Å². The van der Waals surface area contributed by atoms with Gasteiger partial charge in [0, 0.05) is 19.5 Å². The normalized spacial score (nSPS) is 16.4. The van der Waals surface area contributed by atoms with E-state index in [1.807, 2.05) is 54.6 Å². The fraction of sp³-hybridized carbons (Fsp3) is 0.333. The molecule has 3 N–H and O–H groups in total. The number of aryl methyl sites for hydroxylation is 1. The van der Waals surface area contributed by atoms with Gasteiger partial charge in [-0.05, 0) is 54.7 Å². The Kier molecular flexibility index (Phi) is 11.5. The molecule has 226 valence electrons. The van der Waals surface area contributed by atoms with Crippen LogP contribution >= 0.6 is 0 Å². The lowest BCUT2D eigenvalue weighted by Crippen LogP contribution is -2.48. The van der Waals surface area contributed by atoms with Crippen molar-refractivity contribution in [3.63, 3.8) is 0 Å². The third kappa shape index (κ3) is 9.59. The summed E-state index contributed by atoms with van der Waals surface area (Å²) in [6, 6.07) is 22.9. The first kappa shape index (κ1) is 31.1. The van der Waals surface area contributed by atoms with Crippen LogP contribution in [0.3, 0.4) is 0 Å². The highest BCUT2D eigenvalue weighted by molar-refractivity contribution is 5.99. The molecular formula is C33H38N4O6. The molecule has 10 heteroatoms. The van der Waals surface area contributed by atoms with E-state index in [4.69, 9.17) is 9.47 Å². The minimum absolute atomic E-state index is 0.0412. The maximum atomic E-state index is 13.4. The maximum Gasteiger partial charge on any atom is 0.255 e. The van der Waals surface area contributed by atoms with E-state index in [0.29, 0.717) is 18.7 Å². The number of fused-ring (bicyclic) bond motifs is 1. The molecule has 4 amide bonds. The van der Waals surface area contributed by atoms with E-state index in [2.05, 4.69) is 16.0 Å². The van der Waals surface area contributed by atoms with Crippen LogP contribution in [-0.4, -0.2) is 67.9 Å². The molecule has 0 spiro atoms. The van der Waals surface area contributed by atoms with Gasteiger partial charge in [0.2, 0.25) is 17.7 Å². The van der Waals surface area contributed by atoms with Gasteiger partial charge in [0.1, 0.15) is 24.1 Å². The molecule has 0 bridgehead atoms. The molecule has 0 fully saturated rings. The molecule has 1 atom stereocenters. The molecule has 43 heavy (non-hydrogen) atoms. The summed E-state index contributed by atoms with van der Waals surface area (Å²) in [7, 11) is 1.62. The topological polar surface area (TPSA) is 126 Å². The molecule has 10 nitrogen and oxygen atoms in total. The van der Waals surface area contributed by atoms with Crippen molar-refractivity contribution in [2.45, 2.75) is 38.3 Å². The second-order valence-corrected chi connectivity index (χ2v) is 10.2. The highest BCUT2D eigenvalue weighted by Gasteiger charge is 2.26. The SMILES string of the molecule is COc1cccc(CCCNC(=O)[C@@H]2CCC(=O)N(Cc3ccccc3)CC(=O)NCCOc3ccccc3C(=O)N2)c1. The van der Waals surface area contributed by atoms with Gasteiger partial charge in [0.15, 0.2) is 0 Å². The van der Waals surface area contributed by atoms with E-state index in [0.717, 1.165) is 23.3 Å². The Morgan fingerprint density at radius 1 is 1.00 bits per heavy atom. The molecule has 0 saturated carbocycles. The smallest absolute Gasteiger partial charge is 0.255 e. The molecule has 0 saturated heterocycles. The quantitative estimate of drug-likeness (QED) is 0.349. The van der Waals surface area contributed by atoms with E-state index < -0.39 is 11.9 Å². The molecule has 1 heterocycles. The Hall–Kier alpha value is -4.86. The number of ether oxygens (including phenoxy) is 2. The van der Waals surface area contributed by atoms with Gasteiger partial charge in [-0.2, -0.15) is 0 Å². The molecule has 3 aromatic rings. The van der Waals surface area contributed by atoms with Gasteiger partial charge in [-0.1, -0.05) is 54.6 Å². The van der Waals surface area contributed by atoms with Crippen molar-refractivity contribution in [1.29, 1.82) is 0 Å². The van der Waals surface area contributed by atoms with Crippen LogP contribution in [0, 0.1) is 0 Å². The van der Waals surface area contributed by atoms with Crippen LogP contribution in [0.4, 0.5) is 0 Å². The van der Waals surface area contributed by atoms with Crippen LogP contribution in [0.5, 0.6) is 11.5 Å². The van der Waals surface area contributed by atoms with Crippen molar-refractivity contribution in [3.05, 3.63) is 95.6 Å². The summed E-state index contributed by atoms with van der Waals surface area (Å²) < 4.78 is 11.1. The highest BCUT2D eigenvalue weighted by Crippen LogP contribution is 2.19. The molecule has 0 radical (unpaired) electrons. The Labute approximate surface area is 251 Å². The van der Waals surface area contributed by atoms with Crippen molar-refractivity contribution < 1.29 is 28.7 Å². The summed E-state index contributed by atoms with van der Waals surface area (Å²) in [5.74, 6) is -0.386. The number of carbonyl (C=O) groups excluding carboxylic acids is 4. The first-order valence-corrected chi connectivity index (χ1v) is 14.4. The van der Waals surface area contributed by atoms with Crippen LogP contribution in [0.2, 0.25) is 0 Å². The number of nitrogens with zero attached hydrogens (tertiary/aromatic N) is 1. The van der Waals surface area contributed by atoms with E-state index in [1.54, 1.807) is 31.4 Å². The summed E-state index contributed by atoms with van der Waals surface area (Å²) >= 11 is 0. The number of benzene rings is 3. The van der Waals surface area contributed by atoms with E-state index in [9.17, 15) is 19.2 Å². The zero-order chi connectivity index (χ0) is 30.4. The first-order chi connectivity index (χ1) is 20.9. The number of hydrogen-bond donors (Lipinski definition) is 3. The zero-order valence-corrected chi connectivity index (χ0v) is 24.3. The summed E-state index contributed by atoms with van der Waals surface area (Å²) in [5, 5.41) is 8.49. The third-order valence-corrected chi connectivity index (χ3v) is 7.06. The summed E-state index contributed by atoms with van der Waals surface area (Å²) in [6.45, 7) is 0.805. The lowest BCUT2D eigenvalue weighted by Gasteiger charge is -2.24. The molecule has 1 aliphatic heterocycles. The van der Waals surface area contributed by atoms with Gasteiger partial charge < -0.3 is 30.3 Å². The number of para-hydroxylation sites is 1. The van der Waals surface area contributed by atoms with E-state index in [1.165, 1.54) is 4.90 Å². The first-order valence-electron chi connectivity index (χ1n) is 14.4. The maximum absolute atomic E-state index is 13.4. The highest BCUT2D eigenvalue weighted by atomic mass is 16.5. The number of nitrogens with one attached hydrogen (secondary N) is 3. The fourth-order valence-electron chi connectivity index (χ4n) is 4.78. The van der Waals surface area contributed by atoms with Gasteiger partial charge in [0.05, 0.1) is 25.8 Å².